The van der Waals surface area contributed by atoms with Crippen LogP contribution in [0.4, 0.5) is 0 Å². The maximum Gasteiger partial charge on any atom is 0.311 e. The Hall–Kier alpha value is -2.34. The lowest BCUT2D eigenvalue weighted by Crippen LogP contribution is -2.40. The van der Waals surface area contributed by atoms with Crippen LogP contribution in [0.5, 0.6) is 5.75 Å². The van der Waals surface area contributed by atoms with Gasteiger partial charge in [0.05, 0.1) is 24.6 Å². The number of halogens is 1. The molecule has 0 saturated carbocycles. The molecule has 0 spiro atoms. The Bertz CT molecular complexity index is 865. The monoisotopic (exact) mass is 417 g/mol. The summed E-state index contributed by atoms with van der Waals surface area (Å²) >= 11 is 3.46. The van der Waals surface area contributed by atoms with E-state index >= 15 is 0 Å². The van der Waals surface area contributed by atoms with E-state index in [0.717, 1.165) is 22.0 Å². The van der Waals surface area contributed by atoms with Gasteiger partial charge in [0.15, 0.2) is 0 Å². The summed E-state index contributed by atoms with van der Waals surface area (Å²) in [6.07, 6.45) is 1.32. The first-order valence-electron chi connectivity index (χ1n) is 8.38. The highest BCUT2D eigenvalue weighted by Gasteiger charge is 2.36. The number of aromatic hydroxyl groups is 1. The number of benzene rings is 2. The van der Waals surface area contributed by atoms with Gasteiger partial charge in [0.25, 0.3) is 5.91 Å². The molecule has 2 aromatic rings. The van der Waals surface area contributed by atoms with E-state index in [9.17, 15) is 14.7 Å². The highest BCUT2D eigenvalue weighted by Crippen LogP contribution is 2.37. The SMILES string of the molecule is COC(=O)C1CCc2cc(Br)ccc2C1NC(=O)c1cccc(C)c1O. The van der Waals surface area contributed by atoms with E-state index in [1.165, 1.54) is 7.11 Å². The van der Waals surface area contributed by atoms with E-state index < -0.39 is 17.9 Å². The smallest absolute Gasteiger partial charge is 0.311 e. The van der Waals surface area contributed by atoms with Gasteiger partial charge in [-0.25, -0.2) is 0 Å². The highest BCUT2D eigenvalue weighted by molar-refractivity contribution is 9.10. The first kappa shape index (κ1) is 18.5. The van der Waals surface area contributed by atoms with Crippen LogP contribution < -0.4 is 5.32 Å². The fourth-order valence-corrected chi connectivity index (χ4v) is 3.84. The summed E-state index contributed by atoms with van der Waals surface area (Å²) in [6, 6.07) is 10.3. The second-order valence-corrected chi connectivity index (χ2v) is 7.35. The Balaban J connectivity index is 1.97. The minimum absolute atomic E-state index is 0.0496. The lowest BCUT2D eigenvalue weighted by molar-refractivity contribution is -0.147. The lowest BCUT2D eigenvalue weighted by atomic mass is 9.79. The Kier molecular flexibility index (Phi) is 5.32. The maximum atomic E-state index is 12.8. The molecule has 0 fully saturated rings. The van der Waals surface area contributed by atoms with Gasteiger partial charge < -0.3 is 15.2 Å². The van der Waals surface area contributed by atoms with Gasteiger partial charge in [-0.1, -0.05) is 34.1 Å². The average Bonchev–Trinajstić information content (AvgIpc) is 2.63. The van der Waals surface area contributed by atoms with Crippen LogP contribution in [-0.4, -0.2) is 24.1 Å². The summed E-state index contributed by atoms with van der Waals surface area (Å²) in [5, 5.41) is 13.1. The molecule has 136 valence electrons. The zero-order chi connectivity index (χ0) is 18.8. The molecule has 0 aliphatic heterocycles. The third-order valence-electron chi connectivity index (χ3n) is 4.84. The van der Waals surface area contributed by atoms with Crippen LogP contribution in [0, 0.1) is 12.8 Å². The van der Waals surface area contributed by atoms with Crippen molar-refractivity contribution in [3.05, 3.63) is 63.1 Å². The molecule has 0 aromatic heterocycles. The van der Waals surface area contributed by atoms with Crippen LogP contribution in [-0.2, 0) is 16.0 Å². The van der Waals surface area contributed by atoms with Crippen LogP contribution in [0.3, 0.4) is 0 Å². The Morgan fingerprint density at radius 2 is 2.04 bits per heavy atom. The normalized spacial score (nSPS) is 18.7. The maximum absolute atomic E-state index is 12.8. The predicted molar refractivity (Wildman–Crippen MR) is 101 cm³/mol. The molecule has 1 amide bonds. The standard InChI is InChI=1S/C20H20BrNO4/c1-11-4-3-5-16(18(11)23)19(24)22-17-14-9-7-13(21)10-12(14)6-8-15(17)20(25)26-2/h3-5,7,9-10,15,17,23H,6,8H2,1-2H3,(H,22,24). The van der Waals surface area contributed by atoms with E-state index in [1.807, 2.05) is 18.2 Å². The zero-order valence-electron chi connectivity index (χ0n) is 14.6. The number of carbonyl (C=O) groups is 2. The molecule has 6 heteroatoms. The van der Waals surface area contributed by atoms with Crippen molar-refractivity contribution in [2.24, 2.45) is 5.92 Å². The topological polar surface area (TPSA) is 75.6 Å². The molecule has 2 aromatic carbocycles. The number of hydrogen-bond acceptors (Lipinski definition) is 4. The molecule has 2 atom stereocenters. The molecule has 5 nitrogen and oxygen atoms in total. The van der Waals surface area contributed by atoms with Crippen LogP contribution in [0.2, 0.25) is 0 Å². The van der Waals surface area contributed by atoms with Gasteiger partial charge in [-0.3, -0.25) is 9.59 Å². The van der Waals surface area contributed by atoms with Crippen molar-refractivity contribution in [3.8, 4) is 5.75 Å². The highest BCUT2D eigenvalue weighted by atomic mass is 79.9. The van der Waals surface area contributed by atoms with Crippen molar-refractivity contribution in [1.82, 2.24) is 5.32 Å². The van der Waals surface area contributed by atoms with Gasteiger partial charge in [0.2, 0.25) is 0 Å². The number of rotatable bonds is 3. The molecular weight excluding hydrogens is 398 g/mol. The van der Waals surface area contributed by atoms with E-state index in [4.69, 9.17) is 4.74 Å². The van der Waals surface area contributed by atoms with Gasteiger partial charge in [-0.2, -0.15) is 0 Å². The predicted octanol–water partition coefficient (Wildman–Crippen LogP) is 3.67. The summed E-state index contributed by atoms with van der Waals surface area (Å²) in [6.45, 7) is 1.73. The van der Waals surface area contributed by atoms with Crippen molar-refractivity contribution < 1.29 is 19.4 Å². The van der Waals surface area contributed by atoms with Gasteiger partial charge in [-0.15, -0.1) is 0 Å². The van der Waals surface area contributed by atoms with E-state index in [2.05, 4.69) is 21.2 Å². The number of fused-ring (bicyclic) bond motifs is 1. The molecule has 0 saturated heterocycles. The third kappa shape index (κ3) is 3.46. The zero-order valence-corrected chi connectivity index (χ0v) is 16.2. The minimum Gasteiger partial charge on any atom is -0.507 e. The van der Waals surface area contributed by atoms with Crippen LogP contribution in [0.1, 0.15) is 39.5 Å². The number of aryl methyl sites for hydroxylation is 2. The third-order valence-corrected chi connectivity index (χ3v) is 5.33. The quantitative estimate of drug-likeness (QED) is 0.746. The summed E-state index contributed by atoms with van der Waals surface area (Å²) in [5.74, 6) is -1.28. The fraction of sp³-hybridized carbons (Fsp3) is 0.300. The molecule has 0 radical (unpaired) electrons. The first-order chi connectivity index (χ1) is 12.4. The number of para-hydroxylation sites is 1. The number of nitrogens with one attached hydrogen (secondary N) is 1. The van der Waals surface area contributed by atoms with Crippen molar-refractivity contribution in [2.75, 3.05) is 7.11 Å². The number of hydrogen-bond donors (Lipinski definition) is 2. The number of ether oxygens (including phenoxy) is 1. The van der Waals surface area contributed by atoms with Gasteiger partial charge >= 0.3 is 5.97 Å². The van der Waals surface area contributed by atoms with Gasteiger partial charge in [0, 0.05) is 4.47 Å². The number of methoxy groups -OCH3 is 1. The van der Waals surface area contributed by atoms with Crippen LogP contribution >= 0.6 is 15.9 Å². The van der Waals surface area contributed by atoms with Crippen LogP contribution in [0.15, 0.2) is 40.9 Å². The number of esters is 1. The molecule has 0 bridgehead atoms. The number of carbonyl (C=O) groups excluding carboxylic acids is 2. The molecule has 26 heavy (non-hydrogen) atoms. The number of phenols is 1. The number of amides is 1. The summed E-state index contributed by atoms with van der Waals surface area (Å²) < 4.78 is 5.89. The fourth-order valence-electron chi connectivity index (χ4n) is 3.43. The number of phenolic OH excluding ortho intramolecular Hbond substituents is 1. The second-order valence-electron chi connectivity index (χ2n) is 6.43. The molecule has 1 aliphatic carbocycles. The first-order valence-corrected chi connectivity index (χ1v) is 9.17. The van der Waals surface area contributed by atoms with Crippen molar-refractivity contribution in [1.29, 1.82) is 0 Å². The Labute approximate surface area is 160 Å². The molecule has 2 unspecified atom stereocenters. The van der Waals surface area contributed by atoms with Crippen LogP contribution in [0.25, 0.3) is 0 Å². The van der Waals surface area contributed by atoms with Gasteiger partial charge in [0.1, 0.15) is 5.75 Å². The average molecular weight is 418 g/mol. The summed E-state index contributed by atoms with van der Waals surface area (Å²) in [7, 11) is 1.35. The second kappa shape index (κ2) is 7.50. The van der Waals surface area contributed by atoms with E-state index in [0.29, 0.717) is 12.0 Å². The van der Waals surface area contributed by atoms with Gasteiger partial charge in [-0.05, 0) is 54.7 Å². The Morgan fingerprint density at radius 3 is 2.77 bits per heavy atom. The molecule has 3 rings (SSSR count). The van der Waals surface area contributed by atoms with E-state index in [1.54, 1.807) is 25.1 Å². The van der Waals surface area contributed by atoms with Crippen molar-refractivity contribution >= 4 is 27.8 Å². The summed E-state index contributed by atoms with van der Waals surface area (Å²) in [5.41, 5.74) is 2.79. The Morgan fingerprint density at radius 1 is 1.27 bits per heavy atom. The molecular formula is C20H20BrNO4. The minimum atomic E-state index is -0.508. The molecule has 1 aliphatic rings. The summed E-state index contributed by atoms with van der Waals surface area (Å²) in [4.78, 5) is 25.0. The molecule has 2 N–H and O–H groups in total. The van der Waals surface area contributed by atoms with Crippen molar-refractivity contribution in [2.45, 2.75) is 25.8 Å². The largest absolute Gasteiger partial charge is 0.507 e. The van der Waals surface area contributed by atoms with Crippen molar-refractivity contribution in [3.63, 3.8) is 0 Å². The lowest BCUT2D eigenvalue weighted by Gasteiger charge is -2.32. The molecule has 0 heterocycles. The van der Waals surface area contributed by atoms with E-state index in [-0.39, 0.29) is 17.3 Å².